The number of carbonyl (C=O) groups excluding carboxylic acids is 1. The highest BCUT2D eigenvalue weighted by atomic mass is 79.9. The van der Waals surface area contributed by atoms with E-state index in [1.54, 1.807) is 0 Å². The van der Waals surface area contributed by atoms with Gasteiger partial charge in [0.1, 0.15) is 12.4 Å². The number of rotatable bonds is 4. The zero-order chi connectivity index (χ0) is 10.6. The van der Waals surface area contributed by atoms with E-state index >= 15 is 0 Å². The van der Waals surface area contributed by atoms with Gasteiger partial charge >= 0.3 is 0 Å². The summed E-state index contributed by atoms with van der Waals surface area (Å²) in [6, 6.07) is 5.78. The second-order valence-electron chi connectivity index (χ2n) is 3.11. The van der Waals surface area contributed by atoms with Crippen molar-refractivity contribution in [1.29, 1.82) is 0 Å². The normalized spacial score (nSPS) is 9.93. The molecule has 0 saturated heterocycles. The quantitative estimate of drug-likeness (QED) is 0.828. The summed E-state index contributed by atoms with van der Waals surface area (Å²) in [5, 5.41) is 0. The van der Waals surface area contributed by atoms with Crippen molar-refractivity contribution < 1.29 is 9.53 Å². The van der Waals surface area contributed by atoms with Gasteiger partial charge in [0, 0.05) is 6.42 Å². The molecular weight excluding hydrogens is 244 g/mol. The molecular formula is C11H13BrO2. The molecule has 3 heteroatoms. The van der Waals surface area contributed by atoms with Crippen molar-refractivity contribution in [2.45, 2.75) is 20.3 Å². The molecule has 0 aliphatic rings. The van der Waals surface area contributed by atoms with Gasteiger partial charge in [0.05, 0.1) is 4.47 Å². The SMILES string of the molecule is CCC(=O)COc1ccc(C)cc1Br. The Morgan fingerprint density at radius 2 is 2.21 bits per heavy atom. The number of hydrogen-bond donors (Lipinski definition) is 0. The van der Waals surface area contributed by atoms with Crippen LogP contribution in [-0.4, -0.2) is 12.4 Å². The predicted octanol–water partition coefficient (Wildman–Crippen LogP) is 3.12. The molecule has 14 heavy (non-hydrogen) atoms. The van der Waals surface area contributed by atoms with Crippen LogP contribution in [0.4, 0.5) is 0 Å². The topological polar surface area (TPSA) is 26.3 Å². The van der Waals surface area contributed by atoms with E-state index < -0.39 is 0 Å². The molecule has 2 nitrogen and oxygen atoms in total. The average Bonchev–Trinajstić information content (AvgIpc) is 2.16. The molecule has 1 rings (SSSR count). The summed E-state index contributed by atoms with van der Waals surface area (Å²) in [6.07, 6.45) is 0.517. The summed E-state index contributed by atoms with van der Waals surface area (Å²) >= 11 is 3.38. The molecule has 0 saturated carbocycles. The lowest BCUT2D eigenvalue weighted by atomic mass is 10.2. The van der Waals surface area contributed by atoms with Crippen LogP contribution in [0.15, 0.2) is 22.7 Å². The van der Waals surface area contributed by atoms with E-state index in [0.717, 1.165) is 15.8 Å². The maximum absolute atomic E-state index is 11.0. The van der Waals surface area contributed by atoms with Crippen LogP contribution in [0.5, 0.6) is 5.75 Å². The van der Waals surface area contributed by atoms with Gasteiger partial charge in [-0.25, -0.2) is 0 Å². The number of carbonyl (C=O) groups is 1. The highest BCUT2D eigenvalue weighted by molar-refractivity contribution is 9.10. The Hall–Kier alpha value is -0.830. The fourth-order valence-corrected chi connectivity index (χ4v) is 1.59. The summed E-state index contributed by atoms with van der Waals surface area (Å²) < 4.78 is 6.24. The van der Waals surface area contributed by atoms with Crippen LogP contribution in [-0.2, 0) is 4.79 Å². The van der Waals surface area contributed by atoms with Gasteiger partial charge in [-0.3, -0.25) is 4.79 Å². The number of Topliss-reactive ketones (excluding diaryl/α,β-unsaturated/α-hetero) is 1. The van der Waals surface area contributed by atoms with Crippen LogP contribution >= 0.6 is 15.9 Å². The molecule has 0 aromatic heterocycles. The first-order chi connectivity index (χ1) is 6.63. The Labute approximate surface area is 92.4 Å². The lowest BCUT2D eigenvalue weighted by Gasteiger charge is -2.07. The van der Waals surface area contributed by atoms with Gasteiger partial charge in [0.15, 0.2) is 5.78 Å². The molecule has 0 N–H and O–H groups in total. The maximum atomic E-state index is 11.0. The van der Waals surface area contributed by atoms with E-state index in [-0.39, 0.29) is 12.4 Å². The summed E-state index contributed by atoms with van der Waals surface area (Å²) in [6.45, 7) is 3.99. The van der Waals surface area contributed by atoms with Crippen molar-refractivity contribution in [3.63, 3.8) is 0 Å². The molecule has 0 amide bonds. The summed E-state index contributed by atoms with van der Waals surface area (Å²) in [5.74, 6) is 0.829. The van der Waals surface area contributed by atoms with Gasteiger partial charge in [-0.1, -0.05) is 13.0 Å². The largest absolute Gasteiger partial charge is 0.485 e. The van der Waals surface area contributed by atoms with Crippen LogP contribution in [0, 0.1) is 6.92 Å². The summed E-state index contributed by atoms with van der Waals surface area (Å²) in [4.78, 5) is 11.0. The van der Waals surface area contributed by atoms with Gasteiger partial charge in [-0.05, 0) is 40.5 Å². The zero-order valence-corrected chi connectivity index (χ0v) is 9.93. The van der Waals surface area contributed by atoms with E-state index in [1.165, 1.54) is 0 Å². The lowest BCUT2D eigenvalue weighted by molar-refractivity contribution is -0.120. The summed E-state index contributed by atoms with van der Waals surface area (Å²) in [5.41, 5.74) is 1.16. The third-order valence-corrected chi connectivity index (χ3v) is 2.49. The molecule has 76 valence electrons. The highest BCUT2D eigenvalue weighted by Crippen LogP contribution is 2.25. The Kier molecular flexibility index (Phi) is 4.14. The first-order valence-electron chi connectivity index (χ1n) is 4.54. The van der Waals surface area contributed by atoms with Gasteiger partial charge in [0.25, 0.3) is 0 Å². The van der Waals surface area contributed by atoms with Crippen molar-refractivity contribution in [3.8, 4) is 5.75 Å². The molecule has 0 atom stereocenters. The standard InChI is InChI=1S/C11H13BrO2/c1-3-9(13)7-14-11-5-4-8(2)6-10(11)12/h4-6H,3,7H2,1-2H3. The van der Waals surface area contributed by atoms with Crippen molar-refractivity contribution >= 4 is 21.7 Å². The van der Waals surface area contributed by atoms with Gasteiger partial charge in [0.2, 0.25) is 0 Å². The van der Waals surface area contributed by atoms with Crippen LogP contribution < -0.4 is 4.74 Å². The molecule has 0 aliphatic carbocycles. The zero-order valence-electron chi connectivity index (χ0n) is 8.34. The van der Waals surface area contributed by atoms with Crippen molar-refractivity contribution in [2.75, 3.05) is 6.61 Å². The lowest BCUT2D eigenvalue weighted by Crippen LogP contribution is -2.09. The number of benzene rings is 1. The monoisotopic (exact) mass is 256 g/mol. The van der Waals surface area contributed by atoms with Gasteiger partial charge in [-0.15, -0.1) is 0 Å². The maximum Gasteiger partial charge on any atom is 0.169 e. The van der Waals surface area contributed by atoms with E-state index in [0.29, 0.717) is 6.42 Å². The van der Waals surface area contributed by atoms with Crippen LogP contribution in [0.1, 0.15) is 18.9 Å². The molecule has 0 radical (unpaired) electrons. The molecule has 0 spiro atoms. The Balaban J connectivity index is 2.63. The van der Waals surface area contributed by atoms with E-state index in [4.69, 9.17) is 4.74 Å². The van der Waals surface area contributed by atoms with Crippen LogP contribution in [0.25, 0.3) is 0 Å². The fourth-order valence-electron chi connectivity index (χ4n) is 0.983. The van der Waals surface area contributed by atoms with Gasteiger partial charge < -0.3 is 4.74 Å². The second-order valence-corrected chi connectivity index (χ2v) is 3.97. The Bertz CT molecular complexity index is 334. The minimum absolute atomic E-state index is 0.109. The van der Waals surface area contributed by atoms with Crippen molar-refractivity contribution in [3.05, 3.63) is 28.2 Å². The molecule has 0 bridgehead atoms. The Morgan fingerprint density at radius 3 is 2.79 bits per heavy atom. The third kappa shape index (κ3) is 3.14. The second kappa shape index (κ2) is 5.15. The molecule has 0 unspecified atom stereocenters. The van der Waals surface area contributed by atoms with Crippen LogP contribution in [0.2, 0.25) is 0 Å². The first-order valence-corrected chi connectivity index (χ1v) is 5.33. The van der Waals surface area contributed by atoms with Crippen molar-refractivity contribution in [1.82, 2.24) is 0 Å². The van der Waals surface area contributed by atoms with E-state index in [2.05, 4.69) is 15.9 Å². The van der Waals surface area contributed by atoms with Crippen LogP contribution in [0.3, 0.4) is 0 Å². The Morgan fingerprint density at radius 1 is 1.50 bits per heavy atom. The predicted molar refractivity (Wildman–Crippen MR) is 59.7 cm³/mol. The minimum Gasteiger partial charge on any atom is -0.485 e. The van der Waals surface area contributed by atoms with E-state index in [9.17, 15) is 4.79 Å². The number of hydrogen-bond acceptors (Lipinski definition) is 2. The summed E-state index contributed by atoms with van der Waals surface area (Å²) in [7, 11) is 0. The fraction of sp³-hybridized carbons (Fsp3) is 0.364. The smallest absolute Gasteiger partial charge is 0.169 e. The number of ether oxygens (including phenoxy) is 1. The molecule has 0 heterocycles. The highest BCUT2D eigenvalue weighted by Gasteiger charge is 2.03. The average molecular weight is 257 g/mol. The van der Waals surface area contributed by atoms with E-state index in [1.807, 2.05) is 32.0 Å². The first kappa shape index (κ1) is 11.2. The molecule has 1 aromatic carbocycles. The van der Waals surface area contributed by atoms with Gasteiger partial charge in [-0.2, -0.15) is 0 Å². The minimum atomic E-state index is 0.109. The number of ketones is 1. The third-order valence-electron chi connectivity index (χ3n) is 1.87. The molecule has 0 aliphatic heterocycles. The molecule has 1 aromatic rings. The number of halogens is 1. The van der Waals surface area contributed by atoms with Crippen molar-refractivity contribution in [2.24, 2.45) is 0 Å². The molecule has 0 fully saturated rings. The number of aryl methyl sites for hydroxylation is 1.